The van der Waals surface area contributed by atoms with Crippen molar-refractivity contribution < 1.29 is 13.5 Å². The Hall–Kier alpha value is -1.20. The van der Waals surface area contributed by atoms with Crippen LogP contribution >= 0.6 is 0 Å². The fourth-order valence-corrected chi connectivity index (χ4v) is 2.59. The normalized spacial score (nSPS) is 19.2. The second-order valence-electron chi connectivity index (χ2n) is 5.42. The van der Waals surface area contributed by atoms with E-state index in [0.717, 1.165) is 31.5 Å². The Morgan fingerprint density at radius 3 is 2.65 bits per heavy atom. The van der Waals surface area contributed by atoms with Crippen molar-refractivity contribution in [3.8, 4) is 5.75 Å². The molecular weight excluding hydrogens is 262 g/mol. The van der Waals surface area contributed by atoms with Gasteiger partial charge in [-0.25, -0.2) is 0 Å². The molecule has 1 aromatic rings. The van der Waals surface area contributed by atoms with Crippen molar-refractivity contribution in [3.05, 3.63) is 29.8 Å². The van der Waals surface area contributed by atoms with Crippen LogP contribution in [0.1, 0.15) is 31.4 Å². The van der Waals surface area contributed by atoms with Gasteiger partial charge in [0.2, 0.25) is 0 Å². The van der Waals surface area contributed by atoms with Crippen molar-refractivity contribution in [2.24, 2.45) is 0 Å². The van der Waals surface area contributed by atoms with Gasteiger partial charge in [-0.3, -0.25) is 0 Å². The number of halogens is 2. The molecule has 1 unspecified atom stereocenters. The van der Waals surface area contributed by atoms with Gasteiger partial charge in [-0.15, -0.1) is 0 Å². The van der Waals surface area contributed by atoms with E-state index >= 15 is 0 Å². The summed E-state index contributed by atoms with van der Waals surface area (Å²) >= 11 is 0. The molecule has 5 heteroatoms. The summed E-state index contributed by atoms with van der Waals surface area (Å²) in [6, 6.07) is 7.53. The van der Waals surface area contributed by atoms with Crippen LogP contribution in [-0.4, -0.2) is 37.7 Å². The highest BCUT2D eigenvalue weighted by Crippen LogP contribution is 2.22. The first-order valence-electron chi connectivity index (χ1n) is 7.04. The Morgan fingerprint density at radius 2 is 2.00 bits per heavy atom. The third-order valence-corrected chi connectivity index (χ3v) is 3.79. The van der Waals surface area contributed by atoms with E-state index in [1.807, 2.05) is 6.07 Å². The molecular formula is C15H22F2N2O. The SMILES string of the molecule is CC(NC1CCN(C)CC1)c1cccc(OC(F)F)c1. The van der Waals surface area contributed by atoms with Crippen LogP contribution in [0.3, 0.4) is 0 Å². The van der Waals surface area contributed by atoms with Crippen molar-refractivity contribution in [1.29, 1.82) is 0 Å². The van der Waals surface area contributed by atoms with E-state index < -0.39 is 6.61 Å². The van der Waals surface area contributed by atoms with Gasteiger partial charge in [0.05, 0.1) is 0 Å². The number of ether oxygens (including phenoxy) is 1. The molecule has 1 atom stereocenters. The average molecular weight is 284 g/mol. The number of hydrogen-bond donors (Lipinski definition) is 1. The van der Waals surface area contributed by atoms with Crippen LogP contribution in [0.15, 0.2) is 24.3 Å². The summed E-state index contributed by atoms with van der Waals surface area (Å²) in [6.07, 6.45) is 2.24. The molecule has 1 aromatic carbocycles. The maximum Gasteiger partial charge on any atom is 0.387 e. The largest absolute Gasteiger partial charge is 0.435 e. The monoisotopic (exact) mass is 284 g/mol. The van der Waals surface area contributed by atoms with Gasteiger partial charge in [0.25, 0.3) is 0 Å². The topological polar surface area (TPSA) is 24.5 Å². The van der Waals surface area contributed by atoms with Gasteiger partial charge in [0, 0.05) is 12.1 Å². The molecule has 0 aliphatic carbocycles. The third-order valence-electron chi connectivity index (χ3n) is 3.79. The quantitative estimate of drug-likeness (QED) is 0.899. The van der Waals surface area contributed by atoms with Crippen LogP contribution in [0.2, 0.25) is 0 Å². The molecule has 1 fully saturated rings. The van der Waals surface area contributed by atoms with Crippen LogP contribution in [0, 0.1) is 0 Å². The van der Waals surface area contributed by atoms with Crippen LogP contribution in [-0.2, 0) is 0 Å². The average Bonchev–Trinajstić information content (AvgIpc) is 2.41. The summed E-state index contributed by atoms with van der Waals surface area (Å²) in [5.41, 5.74) is 0.974. The minimum Gasteiger partial charge on any atom is -0.435 e. The molecule has 112 valence electrons. The summed E-state index contributed by atoms with van der Waals surface area (Å²) in [4.78, 5) is 2.32. The number of alkyl halides is 2. The lowest BCUT2D eigenvalue weighted by Gasteiger charge is -2.31. The molecule has 1 heterocycles. The summed E-state index contributed by atoms with van der Waals surface area (Å²) in [5.74, 6) is 0.217. The van der Waals surface area contributed by atoms with E-state index in [1.165, 1.54) is 0 Å². The van der Waals surface area contributed by atoms with E-state index in [1.54, 1.807) is 18.2 Å². The maximum atomic E-state index is 12.2. The number of rotatable bonds is 5. The predicted molar refractivity (Wildman–Crippen MR) is 75.1 cm³/mol. The minimum atomic E-state index is -2.78. The number of benzene rings is 1. The Bertz CT molecular complexity index is 420. The second-order valence-corrected chi connectivity index (χ2v) is 5.42. The van der Waals surface area contributed by atoms with Crippen LogP contribution < -0.4 is 10.1 Å². The highest BCUT2D eigenvalue weighted by atomic mass is 19.3. The third kappa shape index (κ3) is 4.42. The minimum absolute atomic E-state index is 0.129. The Labute approximate surface area is 118 Å². The van der Waals surface area contributed by atoms with E-state index in [0.29, 0.717) is 6.04 Å². The summed E-state index contributed by atoms with van der Waals surface area (Å²) < 4.78 is 28.9. The van der Waals surface area contributed by atoms with Gasteiger partial charge in [0.1, 0.15) is 5.75 Å². The Balaban J connectivity index is 1.93. The van der Waals surface area contributed by atoms with Gasteiger partial charge in [-0.2, -0.15) is 8.78 Å². The summed E-state index contributed by atoms with van der Waals surface area (Å²) in [5, 5.41) is 3.57. The van der Waals surface area contributed by atoms with Crippen molar-refractivity contribution in [2.45, 2.75) is 38.5 Å². The molecule has 0 aromatic heterocycles. The lowest BCUT2D eigenvalue weighted by molar-refractivity contribution is -0.0499. The molecule has 0 bridgehead atoms. The number of nitrogens with one attached hydrogen (secondary N) is 1. The second kappa shape index (κ2) is 6.99. The number of piperidine rings is 1. The molecule has 3 nitrogen and oxygen atoms in total. The molecule has 0 radical (unpaired) electrons. The highest BCUT2D eigenvalue weighted by Gasteiger charge is 2.19. The lowest BCUT2D eigenvalue weighted by Crippen LogP contribution is -2.41. The zero-order chi connectivity index (χ0) is 14.5. The molecule has 0 amide bonds. The molecule has 1 aliphatic rings. The zero-order valence-electron chi connectivity index (χ0n) is 12.0. The molecule has 20 heavy (non-hydrogen) atoms. The van der Waals surface area contributed by atoms with Crippen molar-refractivity contribution in [1.82, 2.24) is 10.2 Å². The zero-order valence-corrected chi connectivity index (χ0v) is 12.0. The van der Waals surface area contributed by atoms with E-state index in [-0.39, 0.29) is 11.8 Å². The van der Waals surface area contributed by atoms with Crippen LogP contribution in [0.5, 0.6) is 5.75 Å². The van der Waals surface area contributed by atoms with Crippen molar-refractivity contribution >= 4 is 0 Å². The Kier molecular flexibility index (Phi) is 5.31. The molecule has 1 saturated heterocycles. The van der Waals surface area contributed by atoms with Gasteiger partial charge in [-0.1, -0.05) is 12.1 Å². The first-order valence-corrected chi connectivity index (χ1v) is 7.04. The van der Waals surface area contributed by atoms with Crippen molar-refractivity contribution in [2.75, 3.05) is 20.1 Å². The number of likely N-dealkylation sites (tertiary alicyclic amines) is 1. The highest BCUT2D eigenvalue weighted by molar-refractivity contribution is 5.30. The van der Waals surface area contributed by atoms with Crippen LogP contribution in [0.25, 0.3) is 0 Å². The van der Waals surface area contributed by atoms with Gasteiger partial charge in [0.15, 0.2) is 0 Å². The van der Waals surface area contributed by atoms with Gasteiger partial charge in [-0.05, 0) is 57.6 Å². The molecule has 1 aliphatic heterocycles. The number of hydrogen-bond acceptors (Lipinski definition) is 3. The number of nitrogens with zero attached hydrogens (tertiary/aromatic N) is 1. The summed E-state index contributed by atoms with van der Waals surface area (Å²) in [6.45, 7) is 1.47. The van der Waals surface area contributed by atoms with Crippen molar-refractivity contribution in [3.63, 3.8) is 0 Å². The first-order chi connectivity index (χ1) is 9.54. The fourth-order valence-electron chi connectivity index (χ4n) is 2.59. The standard InChI is InChI=1S/C15H22F2N2O/c1-11(18-13-6-8-19(2)9-7-13)12-4-3-5-14(10-12)20-15(16)17/h3-5,10-11,13,15,18H,6-9H2,1-2H3. The van der Waals surface area contributed by atoms with E-state index in [4.69, 9.17) is 0 Å². The smallest absolute Gasteiger partial charge is 0.387 e. The first kappa shape index (κ1) is 15.2. The Morgan fingerprint density at radius 1 is 1.30 bits per heavy atom. The van der Waals surface area contributed by atoms with Gasteiger partial charge >= 0.3 is 6.61 Å². The fraction of sp³-hybridized carbons (Fsp3) is 0.600. The molecule has 1 N–H and O–H groups in total. The van der Waals surface area contributed by atoms with Crippen LogP contribution in [0.4, 0.5) is 8.78 Å². The van der Waals surface area contributed by atoms with E-state index in [9.17, 15) is 8.78 Å². The van der Waals surface area contributed by atoms with Gasteiger partial charge < -0.3 is 15.0 Å². The maximum absolute atomic E-state index is 12.2. The van der Waals surface area contributed by atoms with E-state index in [2.05, 4.69) is 28.9 Å². The summed E-state index contributed by atoms with van der Waals surface area (Å²) in [7, 11) is 2.13. The molecule has 0 spiro atoms. The lowest BCUT2D eigenvalue weighted by atomic mass is 10.0. The predicted octanol–water partition coefficient (Wildman–Crippen LogP) is 3.03. The molecule has 2 rings (SSSR count). The molecule has 0 saturated carbocycles.